The maximum Gasteiger partial charge on any atom is 0.275 e. The highest BCUT2D eigenvalue weighted by Crippen LogP contribution is 2.07. The minimum Gasteiger partial charge on any atom is -0.305 e. The molecule has 0 saturated carbocycles. The number of nitrogens with zero attached hydrogens (tertiary/aromatic N) is 3. The van der Waals surface area contributed by atoms with Crippen molar-refractivity contribution >= 4 is 11.7 Å². The second-order valence-corrected chi connectivity index (χ2v) is 3.61. The van der Waals surface area contributed by atoms with Gasteiger partial charge in [0.15, 0.2) is 0 Å². The first-order valence-corrected chi connectivity index (χ1v) is 5.00. The van der Waals surface area contributed by atoms with Crippen LogP contribution in [0.25, 0.3) is 0 Å². The molecule has 5 nitrogen and oxygen atoms in total. The van der Waals surface area contributed by atoms with Crippen LogP contribution in [-0.2, 0) is 7.05 Å². The number of carbonyl (C=O) groups excluding carboxylic acids is 1. The summed E-state index contributed by atoms with van der Waals surface area (Å²) in [6.45, 7) is 1.80. The molecule has 2 aromatic rings. The smallest absolute Gasteiger partial charge is 0.275 e. The highest BCUT2D eigenvalue weighted by Gasteiger charge is 2.12. The summed E-state index contributed by atoms with van der Waals surface area (Å²) in [4.78, 5) is 15.6. The van der Waals surface area contributed by atoms with Gasteiger partial charge in [-0.15, -0.1) is 0 Å². The molecule has 0 unspecified atom stereocenters. The van der Waals surface area contributed by atoms with E-state index in [0.717, 1.165) is 11.9 Å². The van der Waals surface area contributed by atoms with Gasteiger partial charge in [0, 0.05) is 7.05 Å². The molecule has 0 bridgehead atoms. The maximum atomic E-state index is 12.6. The number of rotatable bonds is 2. The van der Waals surface area contributed by atoms with Crippen molar-refractivity contribution in [3.63, 3.8) is 0 Å². The van der Waals surface area contributed by atoms with Gasteiger partial charge in [0.25, 0.3) is 5.91 Å². The summed E-state index contributed by atoms with van der Waals surface area (Å²) in [5.41, 5.74) is 1.18. The molecule has 1 N–H and O–H groups in total. The number of pyridine rings is 1. The number of carbonyl (C=O) groups is 1. The number of aromatic nitrogens is 3. The topological polar surface area (TPSA) is 59.8 Å². The molecule has 0 fully saturated rings. The van der Waals surface area contributed by atoms with Crippen LogP contribution in [0.3, 0.4) is 0 Å². The molecule has 2 aromatic heterocycles. The Kier molecular flexibility index (Phi) is 2.86. The van der Waals surface area contributed by atoms with Gasteiger partial charge < -0.3 is 5.32 Å². The second-order valence-electron chi connectivity index (χ2n) is 3.61. The van der Waals surface area contributed by atoms with E-state index in [9.17, 15) is 9.18 Å². The molecule has 0 radical (unpaired) electrons. The Labute approximate surface area is 97.3 Å². The first-order valence-electron chi connectivity index (χ1n) is 5.00. The minimum atomic E-state index is -0.445. The molecule has 0 aromatic carbocycles. The van der Waals surface area contributed by atoms with Gasteiger partial charge in [-0.1, -0.05) is 0 Å². The number of hydrogen-bond donors (Lipinski definition) is 1. The first-order chi connectivity index (χ1) is 8.06. The standard InChI is InChI=1S/C11H11FN4O/c1-7-5-9(16(2)15-7)11(17)14-10-4-3-8(12)6-13-10/h3-6H,1-2H3,(H,13,14,17). The number of hydrogen-bond acceptors (Lipinski definition) is 3. The van der Waals surface area contributed by atoms with Crippen molar-refractivity contribution < 1.29 is 9.18 Å². The van der Waals surface area contributed by atoms with Crippen molar-refractivity contribution in [3.05, 3.63) is 41.6 Å². The SMILES string of the molecule is Cc1cc(C(=O)Nc2ccc(F)cn2)n(C)n1. The third-order valence-electron chi connectivity index (χ3n) is 2.20. The number of amides is 1. The molecule has 0 aliphatic heterocycles. The number of aryl methyl sites for hydroxylation is 2. The fraction of sp³-hybridized carbons (Fsp3) is 0.182. The predicted molar refractivity (Wildman–Crippen MR) is 60.1 cm³/mol. The molecule has 2 rings (SSSR count). The molecule has 0 aliphatic carbocycles. The van der Waals surface area contributed by atoms with Gasteiger partial charge in [-0.3, -0.25) is 9.48 Å². The second kappa shape index (κ2) is 4.32. The van der Waals surface area contributed by atoms with E-state index < -0.39 is 5.82 Å². The normalized spacial score (nSPS) is 10.3. The first kappa shape index (κ1) is 11.3. The average Bonchev–Trinajstić information content (AvgIpc) is 2.61. The summed E-state index contributed by atoms with van der Waals surface area (Å²) >= 11 is 0. The highest BCUT2D eigenvalue weighted by atomic mass is 19.1. The Morgan fingerprint density at radius 2 is 2.24 bits per heavy atom. The fourth-order valence-electron chi connectivity index (χ4n) is 1.45. The zero-order valence-corrected chi connectivity index (χ0v) is 9.44. The van der Waals surface area contributed by atoms with Gasteiger partial charge in [0.1, 0.15) is 17.3 Å². The number of anilines is 1. The molecular weight excluding hydrogens is 223 g/mol. The molecule has 0 saturated heterocycles. The minimum absolute atomic E-state index is 0.301. The molecule has 1 amide bonds. The van der Waals surface area contributed by atoms with Crippen molar-refractivity contribution in [1.29, 1.82) is 0 Å². The summed E-state index contributed by atoms with van der Waals surface area (Å²) in [5, 5.41) is 6.63. The summed E-state index contributed by atoms with van der Waals surface area (Å²) in [6, 6.07) is 4.30. The summed E-state index contributed by atoms with van der Waals surface area (Å²) in [6.07, 6.45) is 1.05. The van der Waals surface area contributed by atoms with Crippen molar-refractivity contribution in [2.45, 2.75) is 6.92 Å². The van der Waals surface area contributed by atoms with Crippen LogP contribution in [0.15, 0.2) is 24.4 Å². The van der Waals surface area contributed by atoms with Gasteiger partial charge in [-0.05, 0) is 25.1 Å². The highest BCUT2D eigenvalue weighted by molar-refractivity contribution is 6.02. The lowest BCUT2D eigenvalue weighted by Crippen LogP contribution is -2.16. The number of nitrogens with one attached hydrogen (secondary N) is 1. The molecule has 0 spiro atoms. The lowest BCUT2D eigenvalue weighted by Gasteiger charge is -2.03. The lowest BCUT2D eigenvalue weighted by molar-refractivity contribution is 0.101. The van der Waals surface area contributed by atoms with Crippen LogP contribution in [0, 0.1) is 12.7 Å². The van der Waals surface area contributed by atoms with Gasteiger partial charge in [0.05, 0.1) is 11.9 Å². The molecule has 17 heavy (non-hydrogen) atoms. The van der Waals surface area contributed by atoms with E-state index in [1.165, 1.54) is 16.8 Å². The van der Waals surface area contributed by atoms with Crippen molar-refractivity contribution in [2.24, 2.45) is 7.05 Å². The Hall–Kier alpha value is -2.24. The van der Waals surface area contributed by atoms with E-state index >= 15 is 0 Å². The van der Waals surface area contributed by atoms with Crippen LogP contribution in [-0.4, -0.2) is 20.7 Å². The molecule has 88 valence electrons. The Morgan fingerprint density at radius 1 is 1.47 bits per heavy atom. The van der Waals surface area contributed by atoms with Crippen LogP contribution in [0.4, 0.5) is 10.2 Å². The van der Waals surface area contributed by atoms with Crippen LogP contribution >= 0.6 is 0 Å². The predicted octanol–water partition coefficient (Wildman–Crippen LogP) is 1.51. The van der Waals surface area contributed by atoms with E-state index in [2.05, 4.69) is 15.4 Å². The molecule has 0 aliphatic rings. The summed E-state index contributed by atoms with van der Waals surface area (Å²) < 4.78 is 14.1. The van der Waals surface area contributed by atoms with E-state index in [4.69, 9.17) is 0 Å². The Balaban J connectivity index is 2.17. The monoisotopic (exact) mass is 234 g/mol. The Morgan fingerprint density at radius 3 is 2.76 bits per heavy atom. The molecule has 6 heteroatoms. The van der Waals surface area contributed by atoms with E-state index in [1.807, 2.05) is 0 Å². The number of halogens is 1. The van der Waals surface area contributed by atoms with Gasteiger partial charge in [-0.2, -0.15) is 5.10 Å². The Bertz CT molecular complexity index is 547. The third-order valence-corrected chi connectivity index (χ3v) is 2.20. The van der Waals surface area contributed by atoms with Crippen molar-refractivity contribution in [3.8, 4) is 0 Å². The molecular formula is C11H11FN4O. The van der Waals surface area contributed by atoms with E-state index in [-0.39, 0.29) is 5.91 Å². The average molecular weight is 234 g/mol. The van der Waals surface area contributed by atoms with Gasteiger partial charge in [0.2, 0.25) is 0 Å². The fourth-order valence-corrected chi connectivity index (χ4v) is 1.45. The van der Waals surface area contributed by atoms with Crippen LogP contribution < -0.4 is 5.32 Å². The van der Waals surface area contributed by atoms with Gasteiger partial charge in [-0.25, -0.2) is 9.37 Å². The van der Waals surface area contributed by atoms with Gasteiger partial charge >= 0.3 is 0 Å². The zero-order valence-electron chi connectivity index (χ0n) is 9.44. The van der Waals surface area contributed by atoms with E-state index in [0.29, 0.717) is 11.5 Å². The largest absolute Gasteiger partial charge is 0.305 e. The molecule has 0 atom stereocenters. The quantitative estimate of drug-likeness (QED) is 0.856. The summed E-state index contributed by atoms with van der Waals surface area (Å²) in [7, 11) is 1.68. The van der Waals surface area contributed by atoms with Crippen LogP contribution in [0.2, 0.25) is 0 Å². The molecule has 2 heterocycles. The maximum absolute atomic E-state index is 12.6. The van der Waals surface area contributed by atoms with Crippen LogP contribution in [0.5, 0.6) is 0 Å². The van der Waals surface area contributed by atoms with Crippen molar-refractivity contribution in [2.75, 3.05) is 5.32 Å². The van der Waals surface area contributed by atoms with Crippen LogP contribution in [0.1, 0.15) is 16.2 Å². The zero-order chi connectivity index (χ0) is 12.4. The van der Waals surface area contributed by atoms with Crippen molar-refractivity contribution in [1.82, 2.24) is 14.8 Å². The third kappa shape index (κ3) is 2.47. The summed E-state index contributed by atoms with van der Waals surface area (Å²) in [5.74, 6) is -0.471. The van der Waals surface area contributed by atoms with E-state index in [1.54, 1.807) is 20.0 Å². The lowest BCUT2D eigenvalue weighted by atomic mass is 10.3.